The lowest BCUT2D eigenvalue weighted by atomic mass is 9.79. The number of hydrogen-bond donors (Lipinski definition) is 1. The second-order valence-corrected chi connectivity index (χ2v) is 22.8. The predicted molar refractivity (Wildman–Crippen MR) is 183 cm³/mol. The molecular formula is C33H47NO8SSi2. The minimum absolute atomic E-state index is 0.0444. The highest BCUT2D eigenvalue weighted by atomic mass is 32.2. The average molecular weight is 674 g/mol. The smallest absolute Gasteiger partial charge is 0.453 e. The van der Waals surface area contributed by atoms with Gasteiger partial charge in [-0.1, -0.05) is 62.3 Å². The standard InChI is InChI=1S/C33H47NO8SSi2/c1-12-45(13-2,14-3)42-33-21-18-16-15-17-19-26(41-44(9,10)11)28(25(33)20-22-43-24(4)35)29(34-30(36)38-8)27(23-33)39-31(37)40-32(5,6)7/h15-16,20,23,26H,12-14,22H2,1-11H3,(H,34,36)/b16-15-,25-20+/t26-,33-/m0/s1. The van der Waals surface area contributed by atoms with Gasteiger partial charge in [-0.3, -0.25) is 10.1 Å². The van der Waals surface area contributed by atoms with Crippen molar-refractivity contribution in [1.29, 1.82) is 0 Å². The van der Waals surface area contributed by atoms with Crippen molar-refractivity contribution in [3.05, 3.63) is 46.9 Å². The van der Waals surface area contributed by atoms with E-state index in [-0.39, 0.29) is 22.3 Å². The van der Waals surface area contributed by atoms with Gasteiger partial charge in [0.2, 0.25) is 0 Å². The van der Waals surface area contributed by atoms with Crippen LogP contribution in [-0.2, 0) is 27.9 Å². The topological polar surface area (TPSA) is 109 Å². The van der Waals surface area contributed by atoms with E-state index in [9.17, 15) is 14.4 Å². The molecule has 0 aromatic carbocycles. The van der Waals surface area contributed by atoms with Crippen molar-refractivity contribution in [3.8, 4) is 23.7 Å². The highest BCUT2D eigenvalue weighted by Crippen LogP contribution is 2.45. The number of methoxy groups -OCH3 is 1. The molecule has 2 atom stereocenters. The van der Waals surface area contributed by atoms with Crippen molar-refractivity contribution in [2.75, 3.05) is 12.9 Å². The molecular weight excluding hydrogens is 627 g/mol. The maximum absolute atomic E-state index is 13.2. The van der Waals surface area contributed by atoms with Gasteiger partial charge in [-0.2, -0.15) is 0 Å². The quantitative estimate of drug-likeness (QED) is 0.138. The fourth-order valence-corrected chi connectivity index (χ4v) is 8.90. The van der Waals surface area contributed by atoms with Crippen LogP contribution < -0.4 is 5.32 Å². The first kappa shape index (κ1) is 38.2. The lowest BCUT2D eigenvalue weighted by Gasteiger charge is -2.44. The number of hydrogen-bond acceptors (Lipinski definition) is 9. The zero-order valence-corrected chi connectivity index (χ0v) is 31.2. The molecule has 1 amide bonds. The average Bonchev–Trinajstić information content (AvgIpc) is 2.93. The molecule has 0 unspecified atom stereocenters. The third-order valence-corrected chi connectivity index (χ3v) is 13.2. The summed E-state index contributed by atoms with van der Waals surface area (Å²) in [5.41, 5.74) is -1.26. The second kappa shape index (κ2) is 16.0. The number of allylic oxidation sites excluding steroid dienone is 2. The molecule has 2 bridgehead atoms. The molecule has 0 aromatic heterocycles. The van der Waals surface area contributed by atoms with Gasteiger partial charge in [0.05, 0.1) is 12.8 Å². The molecule has 0 aromatic rings. The fraction of sp³-hybridized carbons (Fsp3) is 0.545. The molecule has 0 spiro atoms. The largest absolute Gasteiger partial charge is 0.514 e. The molecule has 0 aliphatic heterocycles. The van der Waals surface area contributed by atoms with Crippen LogP contribution in [0.5, 0.6) is 0 Å². The SMILES string of the molecule is CC[Si](CC)(CC)O[C@@]12C#C/C=C\C#C[C@H](O[Si](C)(C)C)C(=C(NC(=O)OC)C(OC(=O)OC(C)(C)C)=C1)/C2=C\CSC(C)=O. The summed E-state index contributed by atoms with van der Waals surface area (Å²) in [5.74, 6) is 12.8. The first-order valence-electron chi connectivity index (χ1n) is 15.1. The predicted octanol–water partition coefficient (Wildman–Crippen LogP) is 7.21. The van der Waals surface area contributed by atoms with E-state index in [0.717, 1.165) is 29.9 Å². The van der Waals surface area contributed by atoms with E-state index < -0.39 is 46.2 Å². The summed E-state index contributed by atoms with van der Waals surface area (Å²) in [6.45, 7) is 19.0. The lowest BCUT2D eigenvalue weighted by Crippen LogP contribution is -2.50. The van der Waals surface area contributed by atoms with Crippen molar-refractivity contribution < 1.29 is 37.4 Å². The Hall–Kier alpha value is -3.01. The van der Waals surface area contributed by atoms with Gasteiger partial charge in [-0.15, -0.1) is 0 Å². The summed E-state index contributed by atoms with van der Waals surface area (Å²) in [7, 11) is -3.54. The molecule has 2 aliphatic rings. The van der Waals surface area contributed by atoms with Gasteiger partial charge in [-0.25, -0.2) is 9.59 Å². The molecule has 12 heteroatoms. The van der Waals surface area contributed by atoms with Crippen LogP contribution in [0.2, 0.25) is 37.8 Å². The van der Waals surface area contributed by atoms with E-state index in [1.165, 1.54) is 14.0 Å². The minimum Gasteiger partial charge on any atom is -0.453 e. The highest BCUT2D eigenvalue weighted by Gasteiger charge is 2.49. The Morgan fingerprint density at radius 2 is 1.69 bits per heavy atom. The molecule has 0 heterocycles. The summed E-state index contributed by atoms with van der Waals surface area (Å²) in [5, 5.41) is 2.69. The molecule has 0 saturated carbocycles. The Morgan fingerprint density at radius 1 is 1.07 bits per heavy atom. The molecule has 2 aliphatic carbocycles. The number of alkyl carbamates (subject to hydrolysis) is 1. The maximum atomic E-state index is 13.2. The van der Waals surface area contributed by atoms with Crippen LogP contribution in [0.15, 0.2) is 46.9 Å². The van der Waals surface area contributed by atoms with Gasteiger partial charge in [0.25, 0.3) is 0 Å². The van der Waals surface area contributed by atoms with E-state index in [1.54, 1.807) is 39.0 Å². The number of nitrogens with one attached hydrogen (secondary N) is 1. The van der Waals surface area contributed by atoms with Crippen LogP contribution in [0.25, 0.3) is 0 Å². The number of carbonyl (C=O) groups excluding carboxylic acids is 3. The van der Waals surface area contributed by atoms with Crippen LogP contribution >= 0.6 is 11.8 Å². The van der Waals surface area contributed by atoms with Crippen molar-refractivity contribution >= 4 is 45.8 Å². The van der Waals surface area contributed by atoms with Crippen molar-refractivity contribution in [3.63, 3.8) is 0 Å². The molecule has 0 fully saturated rings. The number of rotatable bonds is 11. The number of fused-ring (bicyclic) bond motifs is 2. The van der Waals surface area contributed by atoms with E-state index in [0.29, 0.717) is 11.1 Å². The number of ether oxygens (including phenoxy) is 3. The highest BCUT2D eigenvalue weighted by molar-refractivity contribution is 8.13. The normalized spacial score (nSPS) is 21.4. The Kier molecular flexibility index (Phi) is 13.6. The number of carbonyl (C=O) groups is 3. The van der Waals surface area contributed by atoms with Crippen LogP contribution in [0.3, 0.4) is 0 Å². The Balaban J connectivity index is 3.17. The number of thioether (sulfide) groups is 1. The summed E-state index contributed by atoms with van der Waals surface area (Å²) in [6, 6.07) is 2.39. The fourth-order valence-electron chi connectivity index (χ4n) is 4.69. The van der Waals surface area contributed by atoms with Gasteiger partial charge in [0.1, 0.15) is 11.7 Å². The van der Waals surface area contributed by atoms with Crippen molar-refractivity contribution in [2.24, 2.45) is 0 Å². The van der Waals surface area contributed by atoms with E-state index in [1.807, 2.05) is 25.7 Å². The van der Waals surface area contributed by atoms with E-state index >= 15 is 0 Å². The van der Waals surface area contributed by atoms with Crippen LogP contribution in [-0.4, -0.2) is 64.2 Å². The van der Waals surface area contributed by atoms with Crippen LogP contribution in [0.4, 0.5) is 9.59 Å². The molecule has 45 heavy (non-hydrogen) atoms. The third-order valence-electron chi connectivity index (χ3n) is 6.88. The maximum Gasteiger partial charge on any atom is 0.514 e. The monoisotopic (exact) mass is 673 g/mol. The van der Waals surface area contributed by atoms with Gasteiger partial charge in [0.15, 0.2) is 33.1 Å². The van der Waals surface area contributed by atoms with Gasteiger partial charge in [-0.05, 0) is 70.7 Å². The Labute approximate surface area is 274 Å². The summed E-state index contributed by atoms with van der Waals surface area (Å²) in [4.78, 5) is 38.1. The molecule has 1 N–H and O–H groups in total. The van der Waals surface area contributed by atoms with Crippen LogP contribution in [0, 0.1) is 23.7 Å². The first-order chi connectivity index (χ1) is 20.9. The van der Waals surface area contributed by atoms with Crippen LogP contribution in [0.1, 0.15) is 48.5 Å². The van der Waals surface area contributed by atoms with E-state index in [2.05, 4.69) is 49.8 Å². The Morgan fingerprint density at radius 3 is 2.22 bits per heavy atom. The molecule has 246 valence electrons. The molecule has 0 saturated heterocycles. The first-order valence-corrected chi connectivity index (χ1v) is 22.0. The molecule has 0 radical (unpaired) electrons. The third kappa shape index (κ3) is 11.1. The summed E-state index contributed by atoms with van der Waals surface area (Å²) < 4.78 is 30.3. The van der Waals surface area contributed by atoms with Gasteiger partial charge in [0, 0.05) is 29.9 Å². The van der Waals surface area contributed by atoms with Crippen molar-refractivity contribution in [1.82, 2.24) is 5.32 Å². The summed E-state index contributed by atoms with van der Waals surface area (Å²) in [6.07, 6.45) is 4.06. The second-order valence-electron chi connectivity index (χ2n) is 12.5. The summed E-state index contributed by atoms with van der Waals surface area (Å²) >= 11 is 1.12. The zero-order chi connectivity index (χ0) is 34.1. The number of amides is 1. The molecule has 2 rings (SSSR count). The molecule has 9 nitrogen and oxygen atoms in total. The lowest BCUT2D eigenvalue weighted by molar-refractivity contribution is -0.109. The van der Waals surface area contributed by atoms with E-state index in [4.69, 9.17) is 23.1 Å². The Bertz CT molecular complexity index is 1380. The van der Waals surface area contributed by atoms with Gasteiger partial charge >= 0.3 is 12.2 Å². The zero-order valence-electron chi connectivity index (χ0n) is 28.4. The van der Waals surface area contributed by atoms with Gasteiger partial charge < -0.3 is 23.1 Å². The minimum atomic E-state index is -2.46. The van der Waals surface area contributed by atoms with Crippen molar-refractivity contribution in [2.45, 2.75) is 104 Å².